The van der Waals surface area contributed by atoms with Gasteiger partial charge < -0.3 is 0 Å². The van der Waals surface area contributed by atoms with Gasteiger partial charge >= 0.3 is 0 Å². The maximum atomic E-state index is 12.5. The largest absolute Gasteiger partial charge is 0.276 e. The lowest BCUT2D eigenvalue weighted by Gasteiger charge is -2.07. The number of hydrogen-bond acceptors (Lipinski definition) is 3. The lowest BCUT2D eigenvalue weighted by molar-refractivity contribution is 0.106. The third-order valence-corrected chi connectivity index (χ3v) is 2.83. The van der Waals surface area contributed by atoms with Crippen molar-refractivity contribution in [3.8, 4) is 6.07 Å². The van der Waals surface area contributed by atoms with Crippen molar-refractivity contribution in [3.63, 3.8) is 0 Å². The van der Waals surface area contributed by atoms with Crippen LogP contribution < -0.4 is 0 Å². The predicted octanol–water partition coefficient (Wildman–Crippen LogP) is 2.87. The molecule has 1 heterocycles. The van der Waals surface area contributed by atoms with E-state index in [-0.39, 0.29) is 14.8 Å². The Bertz CT molecular complexity index is 459. The summed E-state index contributed by atoms with van der Waals surface area (Å²) in [6.07, 6.45) is -2.06. The number of carbonyl (C=O) groups is 1. The second-order valence-electron chi connectivity index (χ2n) is 2.44. The summed E-state index contributed by atoms with van der Waals surface area (Å²) in [5, 5.41) is 7.58. The first-order valence-electron chi connectivity index (χ1n) is 3.55. The maximum absolute atomic E-state index is 12.5. The number of halogens is 4. The lowest BCUT2D eigenvalue weighted by atomic mass is 10.1. The molecule has 0 fully saturated rings. The molecule has 0 bridgehead atoms. The summed E-state index contributed by atoms with van der Waals surface area (Å²) in [5.74, 6) is 0. The minimum absolute atomic E-state index is 0.0490. The van der Waals surface area contributed by atoms with E-state index < -0.39 is 17.2 Å². The minimum atomic E-state index is -2.85. The third kappa shape index (κ3) is 2.41. The number of rotatable bonds is 2. The molecule has 0 saturated heterocycles. The minimum Gasteiger partial charge on any atom is -0.276 e. The van der Waals surface area contributed by atoms with Crippen molar-refractivity contribution >= 4 is 39.4 Å². The van der Waals surface area contributed by atoms with Gasteiger partial charge in [-0.05, 0) is 34.2 Å². The number of pyridine rings is 1. The molecule has 0 atom stereocenters. The van der Waals surface area contributed by atoms with E-state index in [1.165, 1.54) is 0 Å². The molecule has 0 unspecified atom stereocenters. The van der Waals surface area contributed by atoms with Crippen LogP contribution in [0.1, 0.15) is 28.0 Å². The Labute approximate surface area is 102 Å². The van der Waals surface area contributed by atoms with Crippen LogP contribution in [0.4, 0.5) is 8.78 Å². The van der Waals surface area contributed by atoms with Crippen LogP contribution >= 0.6 is 34.2 Å². The Balaban J connectivity index is 3.53. The predicted molar refractivity (Wildman–Crippen MR) is 56.8 cm³/mol. The Morgan fingerprint density at radius 3 is 2.67 bits per heavy atom. The monoisotopic (exact) mass is 342 g/mol. The molecule has 0 aliphatic carbocycles. The summed E-state index contributed by atoms with van der Waals surface area (Å²) in [5.41, 5.74) is -0.999. The zero-order chi connectivity index (χ0) is 11.6. The van der Waals surface area contributed by atoms with Crippen LogP contribution in [0.2, 0.25) is 0 Å². The summed E-state index contributed by atoms with van der Waals surface area (Å²) in [7, 11) is 0. The maximum Gasteiger partial charge on any atom is 0.266 e. The van der Waals surface area contributed by atoms with Crippen molar-refractivity contribution in [2.24, 2.45) is 0 Å². The number of carbonyl (C=O) groups excluding carboxylic acids is 1. The van der Waals surface area contributed by atoms with Crippen LogP contribution in [0.25, 0.3) is 0 Å². The van der Waals surface area contributed by atoms with E-state index in [9.17, 15) is 13.6 Å². The highest BCUT2D eigenvalue weighted by Crippen LogP contribution is 2.28. The second kappa shape index (κ2) is 4.81. The summed E-state index contributed by atoms with van der Waals surface area (Å²) < 4.78 is 25.0. The molecule has 15 heavy (non-hydrogen) atoms. The molecule has 1 aromatic heterocycles. The van der Waals surface area contributed by atoms with Gasteiger partial charge in [0.1, 0.15) is 6.07 Å². The van der Waals surface area contributed by atoms with E-state index in [1.807, 2.05) is 0 Å². The number of nitrogens with zero attached hydrogens (tertiary/aromatic N) is 2. The van der Waals surface area contributed by atoms with Crippen molar-refractivity contribution in [1.82, 2.24) is 4.98 Å². The fraction of sp³-hybridized carbons (Fsp3) is 0.125. The van der Waals surface area contributed by atoms with Gasteiger partial charge in [0.2, 0.25) is 0 Å². The smallest absolute Gasteiger partial charge is 0.266 e. The summed E-state index contributed by atoms with van der Waals surface area (Å²) >= 11 is 6.76. The van der Waals surface area contributed by atoms with E-state index >= 15 is 0 Å². The molecule has 0 spiro atoms. The highest BCUT2D eigenvalue weighted by molar-refractivity contribution is 14.1. The number of aromatic nitrogens is 1. The van der Waals surface area contributed by atoms with E-state index in [2.05, 4.69) is 4.98 Å². The third-order valence-electron chi connectivity index (χ3n) is 1.59. The zero-order valence-electron chi connectivity index (χ0n) is 6.97. The molecular formula is C8H2ClF2IN2O. The zero-order valence-corrected chi connectivity index (χ0v) is 9.88. The summed E-state index contributed by atoms with van der Waals surface area (Å²) in [6.45, 7) is 0. The van der Waals surface area contributed by atoms with Gasteiger partial charge in [-0.3, -0.25) is 4.79 Å². The van der Waals surface area contributed by atoms with E-state index in [4.69, 9.17) is 16.9 Å². The lowest BCUT2D eigenvalue weighted by Crippen LogP contribution is -2.05. The van der Waals surface area contributed by atoms with Crippen LogP contribution in [-0.2, 0) is 0 Å². The molecule has 1 aromatic rings. The first kappa shape index (κ1) is 12.3. The Morgan fingerprint density at radius 1 is 1.67 bits per heavy atom. The van der Waals surface area contributed by atoms with Gasteiger partial charge in [0, 0.05) is 11.8 Å². The van der Waals surface area contributed by atoms with Gasteiger partial charge in [0.15, 0.2) is 5.69 Å². The average Bonchev–Trinajstić information content (AvgIpc) is 2.16. The molecule has 1 rings (SSSR count). The topological polar surface area (TPSA) is 53.8 Å². The van der Waals surface area contributed by atoms with Crippen molar-refractivity contribution < 1.29 is 13.6 Å². The van der Waals surface area contributed by atoms with Crippen molar-refractivity contribution in [3.05, 3.63) is 26.6 Å². The molecule has 0 aliphatic heterocycles. The first-order valence-corrected chi connectivity index (χ1v) is 5.01. The molecule has 0 amide bonds. The average molecular weight is 342 g/mol. The van der Waals surface area contributed by atoms with E-state index in [0.29, 0.717) is 0 Å². The molecule has 0 N–H and O–H groups in total. The standard InChI is InChI=1S/C8H2ClF2IN2O/c9-7(15)5-3(8(10)11)2-14-4(1-13)6(5)12/h2,8H. The van der Waals surface area contributed by atoms with Gasteiger partial charge in [0.25, 0.3) is 11.7 Å². The number of alkyl halides is 2. The first-order chi connectivity index (χ1) is 6.99. The summed E-state index contributed by atoms with van der Waals surface area (Å²) in [4.78, 5) is 14.5. The van der Waals surface area contributed by atoms with E-state index in [0.717, 1.165) is 6.20 Å². The quantitative estimate of drug-likeness (QED) is 0.613. The number of hydrogen-bond donors (Lipinski definition) is 0. The van der Waals surface area contributed by atoms with Crippen molar-refractivity contribution in [1.29, 1.82) is 5.26 Å². The van der Waals surface area contributed by atoms with Gasteiger partial charge in [-0.25, -0.2) is 13.8 Å². The van der Waals surface area contributed by atoms with Crippen molar-refractivity contribution in [2.75, 3.05) is 0 Å². The number of nitriles is 1. The molecule has 0 radical (unpaired) electrons. The van der Waals surface area contributed by atoms with Gasteiger partial charge in [-0.15, -0.1) is 0 Å². The van der Waals surface area contributed by atoms with Crippen LogP contribution in [0, 0.1) is 14.9 Å². The van der Waals surface area contributed by atoms with Crippen molar-refractivity contribution in [2.45, 2.75) is 6.43 Å². The molecule has 3 nitrogen and oxygen atoms in total. The fourth-order valence-corrected chi connectivity index (χ4v) is 2.12. The summed E-state index contributed by atoms with van der Waals surface area (Å²) in [6, 6.07) is 1.68. The Morgan fingerprint density at radius 2 is 2.27 bits per heavy atom. The highest BCUT2D eigenvalue weighted by Gasteiger charge is 2.22. The van der Waals surface area contributed by atoms with Gasteiger partial charge in [0.05, 0.1) is 9.13 Å². The molecule has 0 aliphatic rings. The highest BCUT2D eigenvalue weighted by atomic mass is 127. The normalized spacial score (nSPS) is 10.1. The van der Waals surface area contributed by atoms with E-state index in [1.54, 1.807) is 28.7 Å². The van der Waals surface area contributed by atoms with Crippen LogP contribution in [0.5, 0.6) is 0 Å². The van der Waals surface area contributed by atoms with Gasteiger partial charge in [-0.2, -0.15) is 5.26 Å². The molecule has 78 valence electrons. The Kier molecular flexibility index (Phi) is 3.93. The van der Waals surface area contributed by atoms with Crippen LogP contribution in [-0.4, -0.2) is 10.2 Å². The molecular weight excluding hydrogens is 340 g/mol. The fourth-order valence-electron chi connectivity index (χ4n) is 0.944. The molecule has 0 saturated carbocycles. The SMILES string of the molecule is N#Cc1ncc(C(F)F)c(C(=O)Cl)c1I. The van der Waals surface area contributed by atoms with Crippen LogP contribution in [0.15, 0.2) is 6.20 Å². The molecule has 7 heteroatoms. The second-order valence-corrected chi connectivity index (χ2v) is 3.86. The Hall–Kier alpha value is -0.810. The van der Waals surface area contributed by atoms with Crippen LogP contribution in [0.3, 0.4) is 0 Å². The van der Waals surface area contributed by atoms with Gasteiger partial charge in [-0.1, -0.05) is 0 Å². The molecule has 0 aromatic carbocycles.